The maximum Gasteiger partial charge on any atom is 0.267 e. The van der Waals surface area contributed by atoms with E-state index in [0.29, 0.717) is 18.8 Å². The lowest BCUT2D eigenvalue weighted by molar-refractivity contribution is -0.00925. The third-order valence-electron chi connectivity index (χ3n) is 4.81. The van der Waals surface area contributed by atoms with E-state index in [-0.39, 0.29) is 11.4 Å². The summed E-state index contributed by atoms with van der Waals surface area (Å²) in [5, 5.41) is 3.11. The summed E-state index contributed by atoms with van der Waals surface area (Å²) in [5.41, 5.74) is 1.79. The van der Waals surface area contributed by atoms with Crippen LogP contribution in [0.5, 0.6) is 0 Å². The largest absolute Gasteiger partial charge is 0.379 e. The predicted molar refractivity (Wildman–Crippen MR) is 98.8 cm³/mol. The van der Waals surface area contributed by atoms with Gasteiger partial charge in [0.05, 0.1) is 13.2 Å². The zero-order valence-corrected chi connectivity index (χ0v) is 15.1. The molecule has 25 heavy (non-hydrogen) atoms. The van der Waals surface area contributed by atoms with Gasteiger partial charge in [0.25, 0.3) is 5.91 Å². The molecule has 1 fully saturated rings. The van der Waals surface area contributed by atoms with E-state index < -0.39 is 0 Å². The molecule has 0 saturated carbocycles. The minimum absolute atomic E-state index is 0.0257. The molecule has 0 aliphatic carbocycles. The molecule has 1 aliphatic heterocycles. The first-order chi connectivity index (χ1) is 12.1. The van der Waals surface area contributed by atoms with Gasteiger partial charge in [0.15, 0.2) is 0 Å². The minimum atomic E-state index is -0.0870. The maximum atomic E-state index is 12.7. The topological polar surface area (TPSA) is 46.5 Å². The first-order valence-corrected chi connectivity index (χ1v) is 8.86. The van der Waals surface area contributed by atoms with Gasteiger partial charge in [-0.25, -0.2) is 0 Å². The molecule has 1 aliphatic rings. The Labute approximate surface area is 149 Å². The Balaban J connectivity index is 1.61. The second-order valence-corrected chi connectivity index (χ2v) is 7.10. The van der Waals surface area contributed by atoms with Crippen molar-refractivity contribution in [2.75, 3.05) is 32.8 Å². The molecule has 2 aromatic rings. The Morgan fingerprint density at radius 1 is 1.12 bits per heavy atom. The summed E-state index contributed by atoms with van der Waals surface area (Å²) in [5.74, 6) is -0.0257. The van der Waals surface area contributed by atoms with Gasteiger partial charge in [-0.15, -0.1) is 0 Å². The number of nitrogens with zero attached hydrogens (tertiary/aromatic N) is 2. The van der Waals surface area contributed by atoms with Crippen molar-refractivity contribution >= 4 is 5.91 Å². The first-order valence-electron chi connectivity index (χ1n) is 8.86. The van der Waals surface area contributed by atoms with E-state index in [1.54, 1.807) is 0 Å². The highest BCUT2D eigenvalue weighted by atomic mass is 16.5. The summed E-state index contributed by atoms with van der Waals surface area (Å²) in [6, 6.07) is 14.0. The number of ether oxygens (including phenoxy) is 1. The number of morpholine rings is 1. The normalized spacial score (nSPS) is 15.9. The van der Waals surface area contributed by atoms with Crippen LogP contribution in [0.15, 0.2) is 48.7 Å². The Hall–Kier alpha value is -2.11. The molecule has 0 spiro atoms. The van der Waals surface area contributed by atoms with Crippen LogP contribution in [0.1, 0.15) is 29.9 Å². The highest BCUT2D eigenvalue weighted by Crippen LogP contribution is 2.15. The molecule has 2 heterocycles. The quantitative estimate of drug-likeness (QED) is 0.877. The van der Waals surface area contributed by atoms with E-state index in [2.05, 4.69) is 36.2 Å². The lowest BCUT2D eigenvalue weighted by Gasteiger charge is -2.40. The van der Waals surface area contributed by atoms with Crippen molar-refractivity contribution in [3.8, 4) is 0 Å². The molecule has 1 aromatic carbocycles. The molecule has 5 heteroatoms. The van der Waals surface area contributed by atoms with Crippen molar-refractivity contribution in [3.05, 3.63) is 59.9 Å². The van der Waals surface area contributed by atoms with Crippen LogP contribution >= 0.6 is 0 Å². The lowest BCUT2D eigenvalue weighted by atomic mass is 10.0. The van der Waals surface area contributed by atoms with Crippen LogP contribution in [-0.2, 0) is 11.3 Å². The van der Waals surface area contributed by atoms with Crippen LogP contribution in [0.25, 0.3) is 0 Å². The van der Waals surface area contributed by atoms with Crippen molar-refractivity contribution in [2.45, 2.75) is 25.9 Å². The van der Waals surface area contributed by atoms with Crippen molar-refractivity contribution in [2.24, 2.45) is 0 Å². The van der Waals surface area contributed by atoms with Crippen LogP contribution in [0.3, 0.4) is 0 Å². The number of amides is 1. The highest BCUT2D eigenvalue weighted by Gasteiger charge is 2.28. The van der Waals surface area contributed by atoms with Gasteiger partial charge in [0.2, 0.25) is 0 Å². The zero-order chi connectivity index (χ0) is 17.7. The Kier molecular flexibility index (Phi) is 5.56. The van der Waals surface area contributed by atoms with Crippen LogP contribution < -0.4 is 5.32 Å². The summed E-state index contributed by atoms with van der Waals surface area (Å²) >= 11 is 0. The smallest absolute Gasteiger partial charge is 0.267 e. The number of hydrogen-bond acceptors (Lipinski definition) is 3. The zero-order valence-electron chi connectivity index (χ0n) is 15.1. The summed E-state index contributed by atoms with van der Waals surface area (Å²) in [6.45, 7) is 8.99. The molecule has 0 radical (unpaired) electrons. The molecule has 1 saturated heterocycles. The van der Waals surface area contributed by atoms with Gasteiger partial charge in [-0.3, -0.25) is 9.69 Å². The molecule has 1 N–H and O–H groups in total. The Morgan fingerprint density at radius 2 is 1.84 bits per heavy atom. The number of nitrogens with one attached hydrogen (secondary N) is 1. The van der Waals surface area contributed by atoms with Crippen LogP contribution in [0.2, 0.25) is 0 Å². The molecular weight excluding hydrogens is 314 g/mol. The number of aromatic nitrogens is 1. The lowest BCUT2D eigenvalue weighted by Crippen LogP contribution is -2.55. The number of rotatable bonds is 6. The Morgan fingerprint density at radius 3 is 2.56 bits per heavy atom. The molecule has 5 nitrogen and oxygen atoms in total. The molecule has 3 rings (SSSR count). The second-order valence-electron chi connectivity index (χ2n) is 7.10. The molecule has 0 unspecified atom stereocenters. The first kappa shape index (κ1) is 17.7. The summed E-state index contributed by atoms with van der Waals surface area (Å²) < 4.78 is 7.41. The fraction of sp³-hybridized carbons (Fsp3) is 0.450. The van der Waals surface area contributed by atoms with Crippen molar-refractivity contribution in [1.29, 1.82) is 0 Å². The van der Waals surface area contributed by atoms with E-state index in [1.807, 2.05) is 41.1 Å². The summed E-state index contributed by atoms with van der Waals surface area (Å²) in [4.78, 5) is 15.0. The molecule has 0 bridgehead atoms. The monoisotopic (exact) mass is 341 g/mol. The molecule has 1 aromatic heterocycles. The molecule has 1 amide bonds. The fourth-order valence-corrected chi connectivity index (χ4v) is 3.21. The summed E-state index contributed by atoms with van der Waals surface area (Å²) in [7, 11) is 0. The van der Waals surface area contributed by atoms with Crippen LogP contribution in [0, 0.1) is 0 Å². The molecular formula is C20H27N3O2. The number of benzene rings is 1. The third kappa shape index (κ3) is 4.50. The van der Waals surface area contributed by atoms with Crippen molar-refractivity contribution < 1.29 is 9.53 Å². The molecule has 0 atom stereocenters. The van der Waals surface area contributed by atoms with E-state index in [9.17, 15) is 4.79 Å². The average Bonchev–Trinajstić information content (AvgIpc) is 3.09. The van der Waals surface area contributed by atoms with E-state index in [0.717, 1.165) is 26.3 Å². The SMILES string of the molecule is CC(C)(CNC(=O)c1cccn1Cc1ccccc1)N1CCOCC1. The predicted octanol–water partition coefficient (Wildman–Crippen LogP) is 2.38. The van der Waals surface area contributed by atoms with E-state index in [4.69, 9.17) is 4.74 Å². The minimum Gasteiger partial charge on any atom is -0.379 e. The van der Waals surface area contributed by atoms with Gasteiger partial charge >= 0.3 is 0 Å². The van der Waals surface area contributed by atoms with Gasteiger partial charge < -0.3 is 14.6 Å². The van der Waals surface area contributed by atoms with E-state index >= 15 is 0 Å². The third-order valence-corrected chi connectivity index (χ3v) is 4.81. The number of hydrogen-bond donors (Lipinski definition) is 1. The average molecular weight is 341 g/mol. The van der Waals surface area contributed by atoms with Gasteiger partial charge in [0, 0.05) is 37.9 Å². The standard InChI is InChI=1S/C20H27N3O2/c1-20(2,23-11-13-25-14-12-23)16-21-19(24)18-9-6-10-22(18)15-17-7-4-3-5-8-17/h3-10H,11-16H2,1-2H3,(H,21,24). The van der Waals surface area contributed by atoms with Crippen molar-refractivity contribution in [1.82, 2.24) is 14.8 Å². The van der Waals surface area contributed by atoms with Crippen molar-refractivity contribution in [3.63, 3.8) is 0 Å². The number of carbonyl (C=O) groups is 1. The van der Waals surface area contributed by atoms with Gasteiger partial charge in [-0.2, -0.15) is 0 Å². The van der Waals surface area contributed by atoms with Crippen LogP contribution in [0.4, 0.5) is 0 Å². The summed E-state index contributed by atoms with van der Waals surface area (Å²) in [6.07, 6.45) is 1.95. The highest BCUT2D eigenvalue weighted by molar-refractivity contribution is 5.92. The number of carbonyl (C=O) groups excluding carboxylic acids is 1. The van der Waals surface area contributed by atoms with E-state index in [1.165, 1.54) is 5.56 Å². The van der Waals surface area contributed by atoms with Gasteiger partial charge in [-0.05, 0) is 31.5 Å². The second kappa shape index (κ2) is 7.85. The van der Waals surface area contributed by atoms with Crippen LogP contribution in [-0.4, -0.2) is 53.8 Å². The fourth-order valence-electron chi connectivity index (χ4n) is 3.21. The van der Waals surface area contributed by atoms with Gasteiger partial charge in [-0.1, -0.05) is 30.3 Å². The molecule has 134 valence electrons. The van der Waals surface area contributed by atoms with Gasteiger partial charge in [0.1, 0.15) is 5.69 Å². The maximum absolute atomic E-state index is 12.7. The Bertz CT molecular complexity index is 688.